The third kappa shape index (κ3) is 4.40. The van der Waals surface area contributed by atoms with Crippen molar-refractivity contribution >= 4 is 56.8 Å². The normalized spacial score (nSPS) is 15.2. The lowest BCUT2D eigenvalue weighted by Gasteiger charge is -2.29. The van der Waals surface area contributed by atoms with Gasteiger partial charge in [-0.25, -0.2) is 4.39 Å². The van der Waals surface area contributed by atoms with Crippen molar-refractivity contribution in [2.45, 2.75) is 0 Å². The van der Waals surface area contributed by atoms with E-state index in [4.69, 9.17) is 17.0 Å². The lowest BCUT2D eigenvalue weighted by molar-refractivity contribution is -0.122. The number of nitrogens with one attached hydrogen (secondary N) is 1. The lowest BCUT2D eigenvalue weighted by atomic mass is 10.1. The van der Waals surface area contributed by atoms with Crippen LogP contribution in [0.4, 0.5) is 10.1 Å². The molecule has 0 bridgehead atoms. The van der Waals surface area contributed by atoms with Gasteiger partial charge in [-0.05, 0) is 66.8 Å². The van der Waals surface area contributed by atoms with Crippen LogP contribution in [-0.2, 0) is 9.59 Å². The van der Waals surface area contributed by atoms with E-state index in [-0.39, 0.29) is 16.2 Å². The number of hydrogen-bond acceptors (Lipinski definition) is 4. The predicted octanol–water partition coefficient (Wildman–Crippen LogP) is 5.21. The molecule has 1 N–H and O–H groups in total. The highest BCUT2D eigenvalue weighted by atomic mass is 79.9. The van der Waals surface area contributed by atoms with Crippen LogP contribution in [0.5, 0.6) is 11.5 Å². The van der Waals surface area contributed by atoms with Gasteiger partial charge in [-0.1, -0.05) is 40.2 Å². The maximum absolute atomic E-state index is 14.2. The van der Waals surface area contributed by atoms with Crippen LogP contribution >= 0.6 is 28.1 Å². The van der Waals surface area contributed by atoms with Gasteiger partial charge < -0.3 is 4.74 Å². The van der Waals surface area contributed by atoms with E-state index in [0.717, 1.165) is 0 Å². The molecule has 1 fully saturated rings. The fourth-order valence-corrected chi connectivity index (χ4v) is 3.71. The van der Waals surface area contributed by atoms with Gasteiger partial charge in [0.15, 0.2) is 5.11 Å². The minimum atomic E-state index is -0.689. The summed E-state index contributed by atoms with van der Waals surface area (Å²) in [6, 6.07) is 20.3. The van der Waals surface area contributed by atoms with Crippen molar-refractivity contribution in [2.24, 2.45) is 0 Å². The molecule has 0 aromatic heterocycles. The molecule has 0 aliphatic carbocycles. The second-order valence-corrected chi connectivity index (χ2v) is 7.74. The quantitative estimate of drug-likeness (QED) is 0.306. The molecule has 31 heavy (non-hydrogen) atoms. The van der Waals surface area contributed by atoms with Gasteiger partial charge in [-0.3, -0.25) is 19.8 Å². The van der Waals surface area contributed by atoms with E-state index in [1.54, 1.807) is 30.3 Å². The van der Waals surface area contributed by atoms with Crippen molar-refractivity contribution in [1.29, 1.82) is 0 Å². The average Bonchev–Trinajstić information content (AvgIpc) is 2.75. The number of para-hydroxylation sites is 1. The van der Waals surface area contributed by atoms with E-state index in [1.807, 2.05) is 30.3 Å². The fourth-order valence-electron chi connectivity index (χ4n) is 2.97. The molecule has 8 heteroatoms. The summed E-state index contributed by atoms with van der Waals surface area (Å²) in [6.45, 7) is 0. The molecule has 2 amide bonds. The summed E-state index contributed by atoms with van der Waals surface area (Å²) in [5, 5.41) is 2.42. The molecular weight excluding hydrogens is 483 g/mol. The van der Waals surface area contributed by atoms with Crippen molar-refractivity contribution in [2.75, 3.05) is 4.90 Å². The number of hydrogen-bond donors (Lipinski definition) is 1. The first-order valence-electron chi connectivity index (χ1n) is 9.12. The Morgan fingerprint density at radius 1 is 0.935 bits per heavy atom. The molecule has 0 radical (unpaired) electrons. The fraction of sp³-hybridized carbons (Fsp3) is 0. The summed E-state index contributed by atoms with van der Waals surface area (Å²) in [5.74, 6) is -0.663. The van der Waals surface area contributed by atoms with Crippen molar-refractivity contribution in [1.82, 2.24) is 5.32 Å². The Labute approximate surface area is 191 Å². The molecular formula is C23H14BrFN2O3S. The minimum Gasteiger partial charge on any atom is -0.457 e. The number of amides is 2. The number of nitrogens with zero attached hydrogens (tertiary/aromatic N) is 1. The van der Waals surface area contributed by atoms with Gasteiger partial charge in [0.05, 0.1) is 5.69 Å². The molecule has 5 nitrogen and oxygen atoms in total. The Kier molecular flexibility index (Phi) is 5.92. The molecule has 0 atom stereocenters. The standard InChI is InChI=1S/C23H14BrFN2O3S/c24-19-7-4-8-20(25)17(19)13-18-21(28)26-23(31)27(22(18)29)14-9-11-16(12-10-14)30-15-5-2-1-3-6-15/h1-13H,(H,26,28,31). The lowest BCUT2D eigenvalue weighted by Crippen LogP contribution is -2.54. The van der Waals surface area contributed by atoms with Crippen LogP contribution in [0.3, 0.4) is 0 Å². The van der Waals surface area contributed by atoms with Crippen LogP contribution in [0, 0.1) is 5.82 Å². The number of halogens is 2. The van der Waals surface area contributed by atoms with E-state index < -0.39 is 17.6 Å². The van der Waals surface area contributed by atoms with E-state index in [2.05, 4.69) is 21.2 Å². The van der Waals surface area contributed by atoms with Crippen LogP contribution in [0.2, 0.25) is 0 Å². The first-order chi connectivity index (χ1) is 14.9. The molecule has 0 spiro atoms. The Morgan fingerprint density at radius 2 is 1.61 bits per heavy atom. The van der Waals surface area contributed by atoms with Crippen molar-refractivity contribution in [3.63, 3.8) is 0 Å². The maximum atomic E-state index is 14.2. The second kappa shape index (κ2) is 8.79. The van der Waals surface area contributed by atoms with Gasteiger partial charge in [0.25, 0.3) is 11.8 Å². The highest BCUT2D eigenvalue weighted by molar-refractivity contribution is 9.10. The molecule has 1 aliphatic rings. The molecule has 3 aromatic rings. The van der Waals surface area contributed by atoms with Gasteiger partial charge in [0.2, 0.25) is 0 Å². The molecule has 1 heterocycles. The third-order valence-corrected chi connectivity index (χ3v) is 5.44. The van der Waals surface area contributed by atoms with Crippen LogP contribution in [0.15, 0.2) is 82.8 Å². The largest absolute Gasteiger partial charge is 0.457 e. The highest BCUT2D eigenvalue weighted by Crippen LogP contribution is 2.28. The number of thiocarbonyl (C=S) groups is 1. The summed E-state index contributed by atoms with van der Waals surface area (Å²) in [7, 11) is 0. The number of anilines is 1. The molecule has 0 saturated carbocycles. The molecule has 0 unspecified atom stereocenters. The van der Waals surface area contributed by atoms with Crippen LogP contribution < -0.4 is 15.0 Å². The SMILES string of the molecule is O=C1NC(=S)N(c2ccc(Oc3ccccc3)cc2)C(=O)C1=Cc1c(F)cccc1Br. The Bertz CT molecular complexity index is 1190. The van der Waals surface area contributed by atoms with E-state index in [1.165, 1.54) is 23.1 Å². The summed E-state index contributed by atoms with van der Waals surface area (Å²) in [5.41, 5.74) is 0.304. The number of carbonyl (C=O) groups is 2. The average molecular weight is 497 g/mol. The topological polar surface area (TPSA) is 58.6 Å². The van der Waals surface area contributed by atoms with Crippen LogP contribution in [0.25, 0.3) is 6.08 Å². The molecule has 1 aliphatic heterocycles. The number of ether oxygens (including phenoxy) is 1. The first-order valence-corrected chi connectivity index (χ1v) is 10.3. The number of carbonyl (C=O) groups excluding carboxylic acids is 2. The van der Waals surface area contributed by atoms with Crippen LogP contribution in [0.1, 0.15) is 5.56 Å². The van der Waals surface area contributed by atoms with Gasteiger partial charge in [0, 0.05) is 10.0 Å². The zero-order valence-corrected chi connectivity index (χ0v) is 18.2. The first kappa shape index (κ1) is 20.9. The summed E-state index contributed by atoms with van der Waals surface area (Å²) in [4.78, 5) is 26.7. The molecule has 154 valence electrons. The van der Waals surface area contributed by atoms with Crippen molar-refractivity contribution < 1.29 is 18.7 Å². The maximum Gasteiger partial charge on any atom is 0.270 e. The van der Waals surface area contributed by atoms with Crippen molar-refractivity contribution in [3.05, 3.63) is 94.2 Å². The zero-order chi connectivity index (χ0) is 22.0. The van der Waals surface area contributed by atoms with Gasteiger partial charge in [-0.2, -0.15) is 0 Å². The van der Waals surface area contributed by atoms with E-state index >= 15 is 0 Å². The van der Waals surface area contributed by atoms with E-state index in [9.17, 15) is 14.0 Å². The molecule has 4 rings (SSSR count). The summed E-state index contributed by atoms with van der Waals surface area (Å²) < 4.78 is 20.4. The highest BCUT2D eigenvalue weighted by Gasteiger charge is 2.34. The van der Waals surface area contributed by atoms with Crippen LogP contribution in [-0.4, -0.2) is 16.9 Å². The number of rotatable bonds is 4. The smallest absolute Gasteiger partial charge is 0.270 e. The molecule has 3 aromatic carbocycles. The van der Waals surface area contributed by atoms with Crippen molar-refractivity contribution in [3.8, 4) is 11.5 Å². The summed E-state index contributed by atoms with van der Waals surface area (Å²) in [6.07, 6.45) is 1.21. The Morgan fingerprint density at radius 3 is 2.29 bits per heavy atom. The number of benzene rings is 3. The third-order valence-electron chi connectivity index (χ3n) is 4.46. The van der Waals surface area contributed by atoms with Gasteiger partial charge >= 0.3 is 0 Å². The van der Waals surface area contributed by atoms with Gasteiger partial charge in [0.1, 0.15) is 22.9 Å². The predicted molar refractivity (Wildman–Crippen MR) is 123 cm³/mol. The monoisotopic (exact) mass is 496 g/mol. The minimum absolute atomic E-state index is 0.0588. The Hall–Kier alpha value is -3.36. The zero-order valence-electron chi connectivity index (χ0n) is 15.8. The van der Waals surface area contributed by atoms with Gasteiger partial charge in [-0.15, -0.1) is 0 Å². The Balaban J connectivity index is 1.63. The molecule has 1 saturated heterocycles. The van der Waals surface area contributed by atoms with E-state index in [0.29, 0.717) is 21.7 Å². The summed E-state index contributed by atoms with van der Waals surface area (Å²) >= 11 is 8.44. The second-order valence-electron chi connectivity index (χ2n) is 6.50.